The normalized spacial score (nSPS) is 11.6. The molecule has 1 atom stereocenters. The third-order valence-corrected chi connectivity index (χ3v) is 1.19. The van der Waals surface area contributed by atoms with Gasteiger partial charge in [-0.25, -0.2) is 4.79 Å². The number of carbonyl (C=O) groups excluding carboxylic acids is 2. The number of rotatable bonds is 6. The molecule has 0 amide bonds. The Hall–Kier alpha value is -1.36. The zero-order chi connectivity index (χ0) is 11.0. The summed E-state index contributed by atoms with van der Waals surface area (Å²) < 4.78 is 4.85. The van der Waals surface area contributed by atoms with E-state index in [0.717, 1.165) is 0 Å². The maximum Gasteiger partial charge on any atom is 0.339 e. The standard InChI is InChI=1S/C9H14O5/c1-4-5-9(13-7(2)10)6-12-14-8(3)11/h4,9H,1,5-6H2,2-3H3. The van der Waals surface area contributed by atoms with Crippen LogP contribution in [0.5, 0.6) is 0 Å². The summed E-state index contributed by atoms with van der Waals surface area (Å²) in [7, 11) is 0. The van der Waals surface area contributed by atoms with Crippen molar-refractivity contribution in [3.63, 3.8) is 0 Å². The van der Waals surface area contributed by atoms with Crippen molar-refractivity contribution >= 4 is 11.9 Å². The SMILES string of the molecule is C=CCC(COOC(C)=O)OC(C)=O. The Morgan fingerprint density at radius 2 is 2.00 bits per heavy atom. The van der Waals surface area contributed by atoms with Crippen molar-refractivity contribution in [2.24, 2.45) is 0 Å². The molecule has 0 saturated carbocycles. The fourth-order valence-electron chi connectivity index (χ4n) is 0.764. The van der Waals surface area contributed by atoms with E-state index in [1.54, 1.807) is 6.08 Å². The van der Waals surface area contributed by atoms with Gasteiger partial charge in [0.15, 0.2) is 0 Å². The van der Waals surface area contributed by atoms with Crippen LogP contribution in [0.2, 0.25) is 0 Å². The van der Waals surface area contributed by atoms with Crippen LogP contribution in [0.15, 0.2) is 12.7 Å². The fraction of sp³-hybridized carbons (Fsp3) is 0.556. The smallest absolute Gasteiger partial charge is 0.339 e. The predicted molar refractivity (Wildman–Crippen MR) is 48.1 cm³/mol. The van der Waals surface area contributed by atoms with Crippen molar-refractivity contribution in [1.29, 1.82) is 0 Å². The van der Waals surface area contributed by atoms with Crippen LogP contribution in [-0.4, -0.2) is 24.6 Å². The summed E-state index contributed by atoms with van der Waals surface area (Å²) in [6.45, 7) is 6.01. The lowest BCUT2D eigenvalue weighted by Crippen LogP contribution is -2.22. The Kier molecular flexibility index (Phi) is 6.39. The zero-order valence-electron chi connectivity index (χ0n) is 8.32. The first-order valence-electron chi connectivity index (χ1n) is 4.14. The van der Waals surface area contributed by atoms with E-state index in [1.807, 2.05) is 0 Å². The first-order valence-corrected chi connectivity index (χ1v) is 4.14. The molecule has 5 heteroatoms. The second-order valence-electron chi connectivity index (χ2n) is 2.62. The lowest BCUT2D eigenvalue weighted by atomic mass is 10.3. The molecule has 0 heterocycles. The molecule has 0 aromatic heterocycles. The molecule has 1 unspecified atom stereocenters. The summed E-state index contributed by atoms with van der Waals surface area (Å²) in [6, 6.07) is 0. The second-order valence-corrected chi connectivity index (χ2v) is 2.62. The van der Waals surface area contributed by atoms with Gasteiger partial charge < -0.3 is 4.74 Å². The van der Waals surface area contributed by atoms with Gasteiger partial charge in [0.2, 0.25) is 0 Å². The second kappa shape index (κ2) is 7.08. The molecule has 0 aromatic carbocycles. The predicted octanol–water partition coefficient (Wildman–Crippen LogP) is 0.989. The summed E-state index contributed by atoms with van der Waals surface area (Å²) in [5.41, 5.74) is 0. The molecule has 0 aliphatic heterocycles. The van der Waals surface area contributed by atoms with E-state index < -0.39 is 18.0 Å². The summed E-state index contributed by atoms with van der Waals surface area (Å²) in [5.74, 6) is -0.964. The van der Waals surface area contributed by atoms with E-state index in [2.05, 4.69) is 16.4 Å². The number of carbonyl (C=O) groups is 2. The number of hydrogen-bond acceptors (Lipinski definition) is 5. The molecular formula is C9H14O5. The highest BCUT2D eigenvalue weighted by Crippen LogP contribution is 2.01. The highest BCUT2D eigenvalue weighted by atomic mass is 17.2. The van der Waals surface area contributed by atoms with Crippen LogP contribution in [0.4, 0.5) is 0 Å². The van der Waals surface area contributed by atoms with Gasteiger partial charge in [0.05, 0.1) is 0 Å². The Bertz CT molecular complexity index is 211. The molecule has 0 aliphatic carbocycles. The van der Waals surface area contributed by atoms with Gasteiger partial charge in [-0.05, 0) is 0 Å². The first-order chi connectivity index (χ1) is 6.56. The Morgan fingerprint density at radius 1 is 1.36 bits per heavy atom. The molecule has 0 aromatic rings. The van der Waals surface area contributed by atoms with Crippen molar-refractivity contribution < 1.29 is 24.1 Å². The monoisotopic (exact) mass is 202 g/mol. The van der Waals surface area contributed by atoms with Gasteiger partial charge in [-0.3, -0.25) is 9.68 Å². The van der Waals surface area contributed by atoms with E-state index >= 15 is 0 Å². The van der Waals surface area contributed by atoms with Crippen molar-refractivity contribution in [2.45, 2.75) is 26.4 Å². The minimum atomic E-state index is -0.551. The zero-order valence-corrected chi connectivity index (χ0v) is 8.32. The van der Waals surface area contributed by atoms with Crippen LogP contribution in [0, 0.1) is 0 Å². The maximum absolute atomic E-state index is 10.6. The van der Waals surface area contributed by atoms with Crippen LogP contribution in [0.25, 0.3) is 0 Å². The third-order valence-electron chi connectivity index (χ3n) is 1.19. The average Bonchev–Trinajstić information content (AvgIpc) is 2.02. The molecule has 0 spiro atoms. The van der Waals surface area contributed by atoms with Gasteiger partial charge in [0.1, 0.15) is 12.7 Å². The third kappa shape index (κ3) is 7.30. The molecule has 5 nitrogen and oxygen atoms in total. The number of hydrogen-bond donors (Lipinski definition) is 0. The molecule has 0 rings (SSSR count). The quantitative estimate of drug-likeness (QED) is 0.278. The molecule has 14 heavy (non-hydrogen) atoms. The van der Waals surface area contributed by atoms with Crippen LogP contribution in [-0.2, 0) is 24.1 Å². The van der Waals surface area contributed by atoms with E-state index in [-0.39, 0.29) is 6.61 Å². The number of esters is 1. The van der Waals surface area contributed by atoms with Crippen molar-refractivity contribution in [2.75, 3.05) is 6.61 Å². The lowest BCUT2D eigenvalue weighted by molar-refractivity contribution is -0.280. The van der Waals surface area contributed by atoms with Crippen LogP contribution in [0.3, 0.4) is 0 Å². The summed E-state index contributed by atoms with van der Waals surface area (Å²) >= 11 is 0. The molecule has 0 bridgehead atoms. The van der Waals surface area contributed by atoms with Crippen molar-refractivity contribution in [1.82, 2.24) is 0 Å². The van der Waals surface area contributed by atoms with Gasteiger partial charge in [-0.2, -0.15) is 4.89 Å². The molecule has 80 valence electrons. The van der Waals surface area contributed by atoms with Crippen molar-refractivity contribution in [3.05, 3.63) is 12.7 Å². The average molecular weight is 202 g/mol. The van der Waals surface area contributed by atoms with Crippen molar-refractivity contribution in [3.8, 4) is 0 Å². The van der Waals surface area contributed by atoms with Gasteiger partial charge >= 0.3 is 11.9 Å². The van der Waals surface area contributed by atoms with E-state index in [0.29, 0.717) is 6.42 Å². The van der Waals surface area contributed by atoms with E-state index in [4.69, 9.17) is 4.74 Å². The fourth-order valence-corrected chi connectivity index (χ4v) is 0.764. The van der Waals surface area contributed by atoms with Gasteiger partial charge in [0, 0.05) is 20.3 Å². The molecule has 0 saturated heterocycles. The summed E-state index contributed by atoms with van der Waals surface area (Å²) in [6.07, 6.45) is 1.57. The highest BCUT2D eigenvalue weighted by Gasteiger charge is 2.11. The Balaban J connectivity index is 3.77. The summed E-state index contributed by atoms with van der Waals surface area (Å²) in [4.78, 5) is 29.7. The Morgan fingerprint density at radius 3 is 2.43 bits per heavy atom. The van der Waals surface area contributed by atoms with Crippen LogP contribution < -0.4 is 0 Å². The van der Waals surface area contributed by atoms with Gasteiger partial charge in [-0.15, -0.1) is 6.58 Å². The molecule has 0 N–H and O–H groups in total. The van der Waals surface area contributed by atoms with Crippen LogP contribution >= 0.6 is 0 Å². The van der Waals surface area contributed by atoms with Gasteiger partial charge in [0.25, 0.3) is 0 Å². The highest BCUT2D eigenvalue weighted by molar-refractivity contribution is 5.66. The van der Waals surface area contributed by atoms with Gasteiger partial charge in [-0.1, -0.05) is 6.08 Å². The molecule has 0 fully saturated rings. The molecule has 0 radical (unpaired) electrons. The van der Waals surface area contributed by atoms with E-state index in [9.17, 15) is 9.59 Å². The largest absolute Gasteiger partial charge is 0.460 e. The minimum Gasteiger partial charge on any atom is -0.460 e. The lowest BCUT2D eigenvalue weighted by Gasteiger charge is -2.13. The first kappa shape index (κ1) is 12.6. The molecule has 0 aliphatic rings. The van der Waals surface area contributed by atoms with E-state index in [1.165, 1.54) is 13.8 Å². The minimum absolute atomic E-state index is 0.00514. The van der Waals surface area contributed by atoms with Crippen LogP contribution in [0.1, 0.15) is 20.3 Å². The number of ether oxygens (including phenoxy) is 1. The molecular weight excluding hydrogens is 188 g/mol. The summed E-state index contributed by atoms with van der Waals surface area (Å²) in [5, 5.41) is 0. The Labute approximate surface area is 82.6 Å². The maximum atomic E-state index is 10.6. The topological polar surface area (TPSA) is 61.8 Å².